The Morgan fingerprint density at radius 1 is 1.30 bits per heavy atom. The first-order chi connectivity index (χ1) is 9.51. The SMILES string of the molecule is CC(C)c1ccc(CC2(C(=O)O)CC3CCC2C3)cc1. The van der Waals surface area contributed by atoms with E-state index < -0.39 is 11.4 Å². The minimum Gasteiger partial charge on any atom is -0.481 e. The minimum atomic E-state index is -0.572. The quantitative estimate of drug-likeness (QED) is 0.890. The largest absolute Gasteiger partial charge is 0.481 e. The molecule has 3 unspecified atom stereocenters. The number of carboxylic acids is 1. The zero-order valence-corrected chi connectivity index (χ0v) is 12.4. The first kappa shape index (κ1) is 13.7. The van der Waals surface area contributed by atoms with Gasteiger partial charge in [-0.05, 0) is 54.6 Å². The molecule has 0 saturated heterocycles. The molecule has 2 nitrogen and oxygen atoms in total. The highest BCUT2D eigenvalue weighted by molar-refractivity contribution is 5.76. The maximum Gasteiger partial charge on any atom is 0.310 e. The summed E-state index contributed by atoms with van der Waals surface area (Å²) >= 11 is 0. The lowest BCUT2D eigenvalue weighted by Crippen LogP contribution is -2.38. The molecule has 0 spiro atoms. The molecule has 0 heterocycles. The topological polar surface area (TPSA) is 37.3 Å². The number of benzene rings is 1. The average molecular weight is 272 g/mol. The third-order valence-electron chi connectivity index (χ3n) is 5.57. The van der Waals surface area contributed by atoms with Crippen LogP contribution >= 0.6 is 0 Å². The number of hydrogen-bond acceptors (Lipinski definition) is 1. The average Bonchev–Trinajstić information content (AvgIpc) is 3.00. The van der Waals surface area contributed by atoms with E-state index in [2.05, 4.69) is 38.1 Å². The normalized spacial score (nSPS) is 31.9. The third kappa shape index (κ3) is 2.15. The van der Waals surface area contributed by atoms with E-state index in [-0.39, 0.29) is 0 Å². The number of carboxylic acid groups (broad SMARTS) is 1. The van der Waals surface area contributed by atoms with Crippen LogP contribution in [0, 0.1) is 17.3 Å². The van der Waals surface area contributed by atoms with Crippen molar-refractivity contribution in [2.75, 3.05) is 0 Å². The molecular weight excluding hydrogens is 248 g/mol. The zero-order chi connectivity index (χ0) is 14.3. The molecule has 1 aromatic rings. The summed E-state index contributed by atoms with van der Waals surface area (Å²) in [6.07, 6.45) is 5.09. The van der Waals surface area contributed by atoms with E-state index in [1.54, 1.807) is 0 Å². The summed E-state index contributed by atoms with van der Waals surface area (Å²) in [5.74, 6) is 1.01. The van der Waals surface area contributed by atoms with Crippen molar-refractivity contribution in [3.05, 3.63) is 35.4 Å². The van der Waals surface area contributed by atoms with Crippen LogP contribution in [0.1, 0.15) is 56.6 Å². The van der Waals surface area contributed by atoms with E-state index in [1.165, 1.54) is 17.5 Å². The molecule has 0 aromatic heterocycles. The second-order valence-electron chi connectivity index (χ2n) is 7.11. The molecule has 20 heavy (non-hydrogen) atoms. The maximum atomic E-state index is 11.9. The molecular formula is C18H24O2. The minimum absolute atomic E-state index is 0.398. The van der Waals surface area contributed by atoms with Gasteiger partial charge >= 0.3 is 5.97 Å². The van der Waals surface area contributed by atoms with E-state index in [0.717, 1.165) is 19.3 Å². The molecule has 0 radical (unpaired) electrons. The molecule has 108 valence electrons. The van der Waals surface area contributed by atoms with Crippen LogP contribution in [0.3, 0.4) is 0 Å². The van der Waals surface area contributed by atoms with Gasteiger partial charge in [-0.2, -0.15) is 0 Å². The predicted octanol–water partition coefficient (Wildman–Crippen LogP) is 4.24. The molecule has 3 rings (SSSR count). The molecule has 2 saturated carbocycles. The summed E-state index contributed by atoms with van der Waals surface area (Å²) in [5, 5.41) is 9.79. The van der Waals surface area contributed by atoms with Crippen LogP contribution in [-0.2, 0) is 11.2 Å². The smallest absolute Gasteiger partial charge is 0.310 e. The summed E-state index contributed by atoms with van der Waals surface area (Å²) in [6, 6.07) is 8.57. The van der Waals surface area contributed by atoms with Gasteiger partial charge in [0, 0.05) is 0 Å². The first-order valence-corrected chi connectivity index (χ1v) is 7.83. The van der Waals surface area contributed by atoms with Crippen LogP contribution in [0.25, 0.3) is 0 Å². The van der Waals surface area contributed by atoms with Gasteiger partial charge in [0.1, 0.15) is 0 Å². The van der Waals surface area contributed by atoms with E-state index >= 15 is 0 Å². The van der Waals surface area contributed by atoms with Crippen molar-refractivity contribution < 1.29 is 9.90 Å². The van der Waals surface area contributed by atoms with Crippen molar-refractivity contribution in [3.8, 4) is 0 Å². The molecule has 0 amide bonds. The lowest BCUT2D eigenvalue weighted by Gasteiger charge is -2.33. The zero-order valence-electron chi connectivity index (χ0n) is 12.4. The fourth-order valence-corrected chi connectivity index (χ4v) is 4.38. The molecule has 2 aliphatic carbocycles. The van der Waals surface area contributed by atoms with Gasteiger partial charge in [-0.25, -0.2) is 0 Å². The highest BCUT2D eigenvalue weighted by Crippen LogP contribution is 2.57. The van der Waals surface area contributed by atoms with Crippen LogP contribution in [-0.4, -0.2) is 11.1 Å². The molecule has 2 bridgehead atoms. The van der Waals surface area contributed by atoms with Crippen molar-refractivity contribution in [2.45, 2.75) is 51.9 Å². The van der Waals surface area contributed by atoms with Gasteiger partial charge in [0.25, 0.3) is 0 Å². The fraction of sp³-hybridized carbons (Fsp3) is 0.611. The first-order valence-electron chi connectivity index (χ1n) is 7.83. The van der Waals surface area contributed by atoms with E-state index in [1.807, 2.05) is 0 Å². The van der Waals surface area contributed by atoms with Crippen molar-refractivity contribution in [1.29, 1.82) is 0 Å². The van der Waals surface area contributed by atoms with Crippen LogP contribution < -0.4 is 0 Å². The molecule has 2 fully saturated rings. The van der Waals surface area contributed by atoms with Crippen LogP contribution in [0.2, 0.25) is 0 Å². The molecule has 1 aromatic carbocycles. The van der Waals surface area contributed by atoms with Gasteiger partial charge < -0.3 is 5.11 Å². The number of rotatable bonds is 4. The monoisotopic (exact) mass is 272 g/mol. The fourth-order valence-electron chi connectivity index (χ4n) is 4.38. The number of carbonyl (C=O) groups is 1. The van der Waals surface area contributed by atoms with Gasteiger partial charge in [-0.15, -0.1) is 0 Å². The van der Waals surface area contributed by atoms with Crippen molar-refractivity contribution in [1.82, 2.24) is 0 Å². The summed E-state index contributed by atoms with van der Waals surface area (Å²) in [5.41, 5.74) is 2.03. The van der Waals surface area contributed by atoms with Crippen LogP contribution in [0.5, 0.6) is 0 Å². The van der Waals surface area contributed by atoms with Gasteiger partial charge in [0.2, 0.25) is 0 Å². The Kier molecular flexibility index (Phi) is 3.35. The highest BCUT2D eigenvalue weighted by atomic mass is 16.4. The summed E-state index contributed by atoms with van der Waals surface area (Å²) in [4.78, 5) is 11.9. The van der Waals surface area contributed by atoms with Crippen molar-refractivity contribution in [3.63, 3.8) is 0 Å². The van der Waals surface area contributed by atoms with Crippen LogP contribution in [0.4, 0.5) is 0 Å². The van der Waals surface area contributed by atoms with E-state index in [9.17, 15) is 9.90 Å². The summed E-state index contributed by atoms with van der Waals surface area (Å²) in [6.45, 7) is 4.37. The number of hydrogen-bond donors (Lipinski definition) is 1. The third-order valence-corrected chi connectivity index (χ3v) is 5.57. The Balaban J connectivity index is 1.83. The predicted molar refractivity (Wildman–Crippen MR) is 79.8 cm³/mol. The van der Waals surface area contributed by atoms with Crippen molar-refractivity contribution >= 4 is 5.97 Å². The lowest BCUT2D eigenvalue weighted by molar-refractivity contribution is -0.152. The van der Waals surface area contributed by atoms with Crippen LogP contribution in [0.15, 0.2) is 24.3 Å². The Hall–Kier alpha value is -1.31. The Morgan fingerprint density at radius 3 is 2.45 bits per heavy atom. The lowest BCUT2D eigenvalue weighted by atomic mass is 9.69. The van der Waals surface area contributed by atoms with Gasteiger partial charge in [-0.1, -0.05) is 44.5 Å². The summed E-state index contributed by atoms with van der Waals surface area (Å²) < 4.78 is 0. The second kappa shape index (κ2) is 4.91. The van der Waals surface area contributed by atoms with E-state index in [4.69, 9.17) is 0 Å². The molecule has 0 aliphatic heterocycles. The molecule has 3 atom stereocenters. The Morgan fingerprint density at radius 2 is 2.00 bits per heavy atom. The molecule has 2 aliphatic rings. The van der Waals surface area contributed by atoms with E-state index in [0.29, 0.717) is 24.2 Å². The highest BCUT2D eigenvalue weighted by Gasteiger charge is 2.55. The standard InChI is InChI=1S/C18H24O2/c1-12(2)15-6-3-13(4-7-15)10-18(17(19)20)11-14-5-8-16(18)9-14/h3-4,6-7,12,14,16H,5,8-11H2,1-2H3,(H,19,20). The number of fused-ring (bicyclic) bond motifs is 2. The maximum absolute atomic E-state index is 11.9. The van der Waals surface area contributed by atoms with Crippen molar-refractivity contribution in [2.24, 2.45) is 17.3 Å². The Bertz CT molecular complexity index is 503. The molecule has 1 N–H and O–H groups in total. The second-order valence-corrected chi connectivity index (χ2v) is 7.11. The summed E-state index contributed by atoms with van der Waals surface area (Å²) in [7, 11) is 0. The van der Waals surface area contributed by atoms with Gasteiger partial charge in [0.15, 0.2) is 0 Å². The Labute approximate surface area is 121 Å². The van der Waals surface area contributed by atoms with Gasteiger partial charge in [-0.3, -0.25) is 4.79 Å². The molecule has 2 heteroatoms. The van der Waals surface area contributed by atoms with Gasteiger partial charge in [0.05, 0.1) is 5.41 Å². The number of aliphatic carboxylic acids is 1.